The zero-order chi connectivity index (χ0) is 8.97. The largest absolute Gasteiger partial charge is 0.446 e. The Hall–Kier alpha value is -1.06. The molecule has 1 rings (SSSR count). The summed E-state index contributed by atoms with van der Waals surface area (Å²) in [6, 6.07) is 0. The fourth-order valence-electron chi connectivity index (χ4n) is 1.58. The lowest BCUT2D eigenvalue weighted by Gasteiger charge is -2.26. The number of aldehydes is 1. The molecule has 68 valence electrons. The third-order valence-corrected chi connectivity index (χ3v) is 2.20. The van der Waals surface area contributed by atoms with Gasteiger partial charge in [-0.25, -0.2) is 4.79 Å². The lowest BCUT2D eigenvalue weighted by molar-refractivity contribution is -0.115. The standard InChI is InChI=1S/C8H13NO3/c9-8(11)12-7-4-2-1-3-6(7)5-10/h5-7H,1-4H2,(H2,9,11). The summed E-state index contributed by atoms with van der Waals surface area (Å²) in [7, 11) is 0. The lowest BCUT2D eigenvalue weighted by Crippen LogP contribution is -2.32. The molecule has 4 heteroatoms. The Balaban J connectivity index is 2.46. The van der Waals surface area contributed by atoms with E-state index in [9.17, 15) is 9.59 Å². The van der Waals surface area contributed by atoms with Gasteiger partial charge in [-0.2, -0.15) is 0 Å². The van der Waals surface area contributed by atoms with E-state index in [0.29, 0.717) is 0 Å². The van der Waals surface area contributed by atoms with Crippen LogP contribution in [0.4, 0.5) is 4.79 Å². The van der Waals surface area contributed by atoms with E-state index < -0.39 is 6.09 Å². The number of hydrogen-bond donors (Lipinski definition) is 1. The number of ether oxygens (including phenoxy) is 1. The molecular weight excluding hydrogens is 158 g/mol. The van der Waals surface area contributed by atoms with Crippen LogP contribution >= 0.6 is 0 Å². The second-order valence-corrected chi connectivity index (χ2v) is 3.06. The molecule has 1 saturated carbocycles. The van der Waals surface area contributed by atoms with E-state index in [1.807, 2.05) is 0 Å². The van der Waals surface area contributed by atoms with E-state index in [-0.39, 0.29) is 12.0 Å². The Morgan fingerprint density at radius 2 is 2.08 bits per heavy atom. The summed E-state index contributed by atoms with van der Waals surface area (Å²) in [5.74, 6) is -0.147. The normalized spacial score (nSPS) is 29.3. The molecular formula is C8H13NO3. The molecule has 2 N–H and O–H groups in total. The minimum absolute atomic E-state index is 0.147. The average Bonchev–Trinajstić information content (AvgIpc) is 2.04. The quantitative estimate of drug-likeness (QED) is 0.626. The number of carbonyl (C=O) groups is 2. The van der Waals surface area contributed by atoms with Crippen LogP contribution in [0.2, 0.25) is 0 Å². The van der Waals surface area contributed by atoms with Gasteiger partial charge < -0.3 is 15.3 Å². The van der Waals surface area contributed by atoms with Crippen molar-refractivity contribution < 1.29 is 14.3 Å². The van der Waals surface area contributed by atoms with Gasteiger partial charge in [0.2, 0.25) is 0 Å². The fourth-order valence-corrected chi connectivity index (χ4v) is 1.58. The van der Waals surface area contributed by atoms with E-state index in [1.54, 1.807) is 0 Å². The summed E-state index contributed by atoms with van der Waals surface area (Å²) in [4.78, 5) is 20.9. The molecule has 4 nitrogen and oxygen atoms in total. The summed E-state index contributed by atoms with van der Waals surface area (Å²) < 4.78 is 4.80. The molecule has 1 aliphatic carbocycles. The van der Waals surface area contributed by atoms with Crippen LogP contribution in [-0.2, 0) is 9.53 Å². The van der Waals surface area contributed by atoms with Crippen LogP contribution in [0, 0.1) is 5.92 Å². The number of hydrogen-bond acceptors (Lipinski definition) is 3. The minimum atomic E-state index is -0.784. The van der Waals surface area contributed by atoms with Gasteiger partial charge in [0.15, 0.2) is 0 Å². The second-order valence-electron chi connectivity index (χ2n) is 3.06. The molecule has 0 heterocycles. The molecule has 0 aromatic rings. The van der Waals surface area contributed by atoms with Gasteiger partial charge in [0.1, 0.15) is 12.4 Å². The first-order valence-corrected chi connectivity index (χ1v) is 4.15. The maximum atomic E-state index is 10.5. The third kappa shape index (κ3) is 2.22. The number of carbonyl (C=O) groups excluding carboxylic acids is 2. The first-order chi connectivity index (χ1) is 5.74. The van der Waals surface area contributed by atoms with Crippen LogP contribution in [0.3, 0.4) is 0 Å². The molecule has 0 spiro atoms. The van der Waals surface area contributed by atoms with Gasteiger partial charge in [0.05, 0.1) is 5.92 Å². The Morgan fingerprint density at radius 1 is 1.42 bits per heavy atom. The molecule has 0 aromatic carbocycles. The highest BCUT2D eigenvalue weighted by molar-refractivity contribution is 5.65. The van der Waals surface area contributed by atoms with Gasteiger partial charge in [-0.3, -0.25) is 0 Å². The molecule has 1 amide bonds. The Bertz CT molecular complexity index is 181. The summed E-state index contributed by atoms with van der Waals surface area (Å²) in [5, 5.41) is 0. The molecule has 1 aliphatic rings. The summed E-state index contributed by atoms with van der Waals surface area (Å²) >= 11 is 0. The molecule has 1 fully saturated rings. The molecule has 12 heavy (non-hydrogen) atoms. The minimum Gasteiger partial charge on any atom is -0.446 e. The smallest absolute Gasteiger partial charge is 0.404 e. The van der Waals surface area contributed by atoms with E-state index >= 15 is 0 Å². The summed E-state index contributed by atoms with van der Waals surface area (Å²) in [5.41, 5.74) is 4.86. The van der Waals surface area contributed by atoms with Gasteiger partial charge in [-0.15, -0.1) is 0 Å². The van der Waals surface area contributed by atoms with E-state index in [2.05, 4.69) is 0 Å². The maximum absolute atomic E-state index is 10.5. The Morgan fingerprint density at radius 3 is 2.67 bits per heavy atom. The van der Waals surface area contributed by atoms with Crippen molar-refractivity contribution in [2.45, 2.75) is 31.8 Å². The molecule has 0 aliphatic heterocycles. The topological polar surface area (TPSA) is 69.4 Å². The van der Waals surface area contributed by atoms with Gasteiger partial charge in [0, 0.05) is 0 Å². The Kier molecular flexibility index (Phi) is 3.08. The van der Waals surface area contributed by atoms with Gasteiger partial charge in [0.25, 0.3) is 0 Å². The molecule has 2 unspecified atom stereocenters. The zero-order valence-corrected chi connectivity index (χ0v) is 6.86. The summed E-state index contributed by atoms with van der Waals surface area (Å²) in [6.45, 7) is 0. The van der Waals surface area contributed by atoms with Crippen molar-refractivity contribution in [1.29, 1.82) is 0 Å². The maximum Gasteiger partial charge on any atom is 0.404 e. The number of primary amides is 1. The fraction of sp³-hybridized carbons (Fsp3) is 0.750. The van der Waals surface area contributed by atoms with Crippen molar-refractivity contribution in [2.75, 3.05) is 0 Å². The van der Waals surface area contributed by atoms with Gasteiger partial charge >= 0.3 is 6.09 Å². The highest BCUT2D eigenvalue weighted by Gasteiger charge is 2.26. The molecule has 2 atom stereocenters. The number of rotatable bonds is 2. The summed E-state index contributed by atoms with van der Waals surface area (Å²) in [6.07, 6.45) is 3.38. The van der Waals surface area contributed by atoms with Crippen LogP contribution in [0.15, 0.2) is 0 Å². The van der Waals surface area contributed by atoms with Crippen LogP contribution in [-0.4, -0.2) is 18.5 Å². The van der Waals surface area contributed by atoms with Crippen LogP contribution in [0.1, 0.15) is 25.7 Å². The second kappa shape index (κ2) is 4.09. The SMILES string of the molecule is NC(=O)OC1CCCCC1C=O. The van der Waals surface area contributed by atoms with Crippen molar-refractivity contribution >= 4 is 12.4 Å². The van der Waals surface area contributed by atoms with Gasteiger partial charge in [-0.1, -0.05) is 6.42 Å². The van der Waals surface area contributed by atoms with E-state index in [0.717, 1.165) is 32.0 Å². The number of amides is 1. The highest BCUT2D eigenvalue weighted by Crippen LogP contribution is 2.25. The molecule has 0 bridgehead atoms. The van der Waals surface area contributed by atoms with Crippen LogP contribution in [0.5, 0.6) is 0 Å². The highest BCUT2D eigenvalue weighted by atomic mass is 16.6. The van der Waals surface area contributed by atoms with E-state index in [1.165, 1.54) is 0 Å². The van der Waals surface area contributed by atoms with Crippen molar-refractivity contribution in [3.8, 4) is 0 Å². The van der Waals surface area contributed by atoms with E-state index in [4.69, 9.17) is 10.5 Å². The van der Waals surface area contributed by atoms with Crippen LogP contribution in [0.25, 0.3) is 0 Å². The van der Waals surface area contributed by atoms with Gasteiger partial charge in [-0.05, 0) is 19.3 Å². The average molecular weight is 171 g/mol. The van der Waals surface area contributed by atoms with Crippen molar-refractivity contribution in [3.05, 3.63) is 0 Å². The first-order valence-electron chi connectivity index (χ1n) is 4.15. The molecule has 0 aromatic heterocycles. The van der Waals surface area contributed by atoms with Crippen molar-refractivity contribution in [2.24, 2.45) is 11.7 Å². The number of nitrogens with two attached hydrogens (primary N) is 1. The predicted octanol–water partition coefficient (Wildman–Crippen LogP) is 0.839. The first kappa shape index (κ1) is 9.03. The Labute approximate surface area is 71.1 Å². The van der Waals surface area contributed by atoms with Crippen LogP contribution < -0.4 is 5.73 Å². The predicted molar refractivity (Wildman–Crippen MR) is 42.5 cm³/mol. The zero-order valence-electron chi connectivity index (χ0n) is 6.86. The van der Waals surface area contributed by atoms with Crippen molar-refractivity contribution in [3.63, 3.8) is 0 Å². The third-order valence-electron chi connectivity index (χ3n) is 2.20. The lowest BCUT2D eigenvalue weighted by atomic mass is 9.87. The molecule has 0 saturated heterocycles. The monoisotopic (exact) mass is 171 g/mol. The molecule has 0 radical (unpaired) electrons. The van der Waals surface area contributed by atoms with Crippen molar-refractivity contribution in [1.82, 2.24) is 0 Å².